The van der Waals surface area contributed by atoms with Gasteiger partial charge in [0.15, 0.2) is 5.66 Å². The van der Waals surface area contributed by atoms with Crippen LogP contribution in [0, 0.1) is 17.2 Å². The van der Waals surface area contributed by atoms with E-state index >= 15 is 0 Å². The zero-order valence-corrected chi connectivity index (χ0v) is 15.7. The van der Waals surface area contributed by atoms with Gasteiger partial charge in [0.2, 0.25) is 0 Å². The van der Waals surface area contributed by atoms with Crippen molar-refractivity contribution in [1.82, 2.24) is 5.32 Å². The number of rotatable bonds is 8. The second-order valence-electron chi connectivity index (χ2n) is 7.02. The predicted octanol–water partition coefficient (Wildman–Crippen LogP) is 3.64. The van der Waals surface area contributed by atoms with Gasteiger partial charge in [-0.25, -0.2) is 0 Å². The van der Waals surface area contributed by atoms with Crippen molar-refractivity contribution in [3.63, 3.8) is 0 Å². The van der Waals surface area contributed by atoms with Gasteiger partial charge in [0.25, 0.3) is 0 Å². The van der Waals surface area contributed by atoms with Crippen LogP contribution in [0.25, 0.3) is 0 Å². The van der Waals surface area contributed by atoms with E-state index in [0.717, 1.165) is 31.2 Å². The Morgan fingerprint density at radius 1 is 1.28 bits per heavy atom. The molecule has 6 heteroatoms. The van der Waals surface area contributed by atoms with Crippen molar-refractivity contribution in [3.05, 3.63) is 35.4 Å². The first-order valence-corrected chi connectivity index (χ1v) is 10.4. The summed E-state index contributed by atoms with van der Waals surface area (Å²) in [7, 11) is -2.26. The number of nitriles is 1. The first-order chi connectivity index (χ1) is 12.0. The molecule has 4 atom stereocenters. The molecule has 0 aromatic heterocycles. The third-order valence-electron chi connectivity index (χ3n) is 5.19. The Labute approximate surface area is 150 Å². The summed E-state index contributed by atoms with van der Waals surface area (Å²) in [5.41, 5.74) is 1.36. The molecular weight excluding hydrogens is 335 g/mol. The number of nitrogens with one attached hydrogen (secondary N) is 1. The number of hydrogen-bond donors (Lipinski definition) is 3. The highest BCUT2D eigenvalue weighted by Crippen LogP contribution is 2.40. The van der Waals surface area contributed by atoms with Crippen LogP contribution in [-0.2, 0) is 4.57 Å². The van der Waals surface area contributed by atoms with E-state index in [-0.39, 0.29) is 17.6 Å². The molecule has 1 aromatic rings. The van der Waals surface area contributed by atoms with Crippen molar-refractivity contribution in [2.75, 3.05) is 6.54 Å². The van der Waals surface area contributed by atoms with Crippen molar-refractivity contribution in [3.8, 4) is 6.07 Å². The summed E-state index contributed by atoms with van der Waals surface area (Å²) in [4.78, 5) is 9.67. The Hall–Kier alpha value is -1.31. The average molecular weight is 363 g/mol. The van der Waals surface area contributed by atoms with E-state index in [2.05, 4.69) is 11.4 Å². The average Bonchev–Trinajstić information content (AvgIpc) is 2.64. The van der Waals surface area contributed by atoms with Gasteiger partial charge < -0.3 is 10.4 Å². The van der Waals surface area contributed by atoms with Crippen molar-refractivity contribution >= 4 is 8.03 Å². The molecule has 136 valence electrons. The number of nitrogens with zero attached hydrogens (tertiary/aromatic N) is 1. The number of benzene rings is 1. The van der Waals surface area contributed by atoms with Gasteiger partial charge in [0.1, 0.15) is 0 Å². The molecular formula is C19H28N2O3P+. The smallest absolute Gasteiger partial charge is 0.392 e. The number of aliphatic hydroxyl groups is 1. The van der Waals surface area contributed by atoms with E-state index in [9.17, 15) is 14.6 Å². The normalized spacial score (nSPS) is 19.7. The Morgan fingerprint density at radius 3 is 2.48 bits per heavy atom. The van der Waals surface area contributed by atoms with Gasteiger partial charge >= 0.3 is 8.03 Å². The van der Waals surface area contributed by atoms with E-state index in [0.29, 0.717) is 18.5 Å². The van der Waals surface area contributed by atoms with E-state index < -0.39 is 14.1 Å². The Bertz CT molecular complexity index is 594. The molecule has 0 radical (unpaired) electrons. The summed E-state index contributed by atoms with van der Waals surface area (Å²) in [6, 6.07) is 9.49. The van der Waals surface area contributed by atoms with Gasteiger partial charge in [-0.15, -0.1) is 0 Å². The monoisotopic (exact) mass is 363 g/mol. The second-order valence-corrected chi connectivity index (χ2v) is 8.29. The minimum absolute atomic E-state index is 0.0402. The molecule has 0 heterocycles. The molecule has 2 rings (SSSR count). The van der Waals surface area contributed by atoms with Crippen LogP contribution in [0.4, 0.5) is 0 Å². The van der Waals surface area contributed by atoms with Crippen LogP contribution >= 0.6 is 8.03 Å². The zero-order chi connectivity index (χ0) is 18.2. The molecule has 0 amide bonds. The Balaban J connectivity index is 1.84. The Morgan fingerprint density at radius 2 is 1.92 bits per heavy atom. The van der Waals surface area contributed by atoms with Crippen LogP contribution in [0.15, 0.2) is 24.3 Å². The molecule has 1 saturated carbocycles. The lowest BCUT2D eigenvalue weighted by molar-refractivity contribution is 0.144. The fourth-order valence-electron chi connectivity index (χ4n) is 3.62. The molecule has 2 unspecified atom stereocenters. The van der Waals surface area contributed by atoms with Gasteiger partial charge in [0.05, 0.1) is 17.7 Å². The topological polar surface area (TPSA) is 93.3 Å². The molecule has 1 aliphatic rings. The van der Waals surface area contributed by atoms with Crippen LogP contribution in [0.1, 0.15) is 62.6 Å². The SMILES string of the molecule is C[C@@H](NC[C@@H](O)CC(C1CCCCC1)[P+](=O)O)c1ccc(C#N)cc1. The third kappa shape index (κ3) is 6.17. The molecule has 0 saturated heterocycles. The molecule has 5 nitrogen and oxygen atoms in total. The predicted molar refractivity (Wildman–Crippen MR) is 98.4 cm³/mol. The maximum absolute atomic E-state index is 11.7. The molecule has 1 aliphatic carbocycles. The third-order valence-corrected chi connectivity index (χ3v) is 6.39. The summed E-state index contributed by atoms with van der Waals surface area (Å²) in [6.07, 6.45) is 5.16. The lowest BCUT2D eigenvalue weighted by atomic mass is 9.85. The molecule has 0 aliphatic heterocycles. The van der Waals surface area contributed by atoms with E-state index in [1.807, 2.05) is 19.1 Å². The van der Waals surface area contributed by atoms with Crippen LogP contribution in [0.2, 0.25) is 0 Å². The molecule has 3 N–H and O–H groups in total. The largest absolute Gasteiger partial charge is 0.509 e. The van der Waals surface area contributed by atoms with Crippen molar-refractivity contribution < 1.29 is 14.6 Å². The highest BCUT2D eigenvalue weighted by Gasteiger charge is 2.39. The van der Waals surface area contributed by atoms with E-state index in [4.69, 9.17) is 5.26 Å². The highest BCUT2D eigenvalue weighted by atomic mass is 31.1. The van der Waals surface area contributed by atoms with Gasteiger partial charge in [0, 0.05) is 24.9 Å². The van der Waals surface area contributed by atoms with Crippen molar-refractivity contribution in [1.29, 1.82) is 5.26 Å². The van der Waals surface area contributed by atoms with Crippen LogP contribution in [0.3, 0.4) is 0 Å². The van der Waals surface area contributed by atoms with Gasteiger partial charge in [-0.3, -0.25) is 0 Å². The van der Waals surface area contributed by atoms with Crippen LogP contribution in [-0.4, -0.2) is 28.3 Å². The first-order valence-electron chi connectivity index (χ1n) is 9.08. The standard InChI is InChI=1S/C19H27N2O3P/c1-14(16-9-7-15(12-20)8-10-16)21-13-18(22)11-19(25(23)24)17-5-3-2-4-6-17/h7-10,14,17-19,21-22H,2-6,11,13H2,1H3/p+1/t14-,18+,19?/m1/s1. The summed E-state index contributed by atoms with van der Waals surface area (Å²) in [5.74, 6) is 0.257. The van der Waals surface area contributed by atoms with E-state index in [1.54, 1.807) is 12.1 Å². The number of aliphatic hydroxyl groups excluding tert-OH is 1. The van der Waals surface area contributed by atoms with Gasteiger partial charge in [-0.1, -0.05) is 31.4 Å². The molecule has 0 bridgehead atoms. The van der Waals surface area contributed by atoms with Crippen LogP contribution < -0.4 is 5.32 Å². The van der Waals surface area contributed by atoms with Gasteiger partial charge in [-0.2, -0.15) is 10.2 Å². The van der Waals surface area contributed by atoms with Crippen LogP contribution in [0.5, 0.6) is 0 Å². The molecule has 25 heavy (non-hydrogen) atoms. The second kappa shape index (κ2) is 9.99. The molecule has 1 aromatic carbocycles. The summed E-state index contributed by atoms with van der Waals surface area (Å²) in [6.45, 7) is 2.38. The quantitative estimate of drug-likeness (QED) is 0.613. The number of hydrogen-bond acceptors (Lipinski definition) is 4. The molecule has 1 fully saturated rings. The minimum Gasteiger partial charge on any atom is -0.392 e. The summed E-state index contributed by atoms with van der Waals surface area (Å²) < 4.78 is 11.7. The Kier molecular flexibility index (Phi) is 7.99. The fourth-order valence-corrected chi connectivity index (χ4v) is 4.70. The molecule has 0 spiro atoms. The van der Waals surface area contributed by atoms with Gasteiger partial charge in [-0.05, 0) is 42.0 Å². The summed E-state index contributed by atoms with van der Waals surface area (Å²) >= 11 is 0. The minimum atomic E-state index is -2.26. The first kappa shape index (κ1) is 20.0. The maximum Gasteiger partial charge on any atom is 0.509 e. The van der Waals surface area contributed by atoms with Crippen molar-refractivity contribution in [2.24, 2.45) is 5.92 Å². The lowest BCUT2D eigenvalue weighted by Gasteiger charge is -2.25. The van der Waals surface area contributed by atoms with Crippen molar-refractivity contribution in [2.45, 2.75) is 63.3 Å². The highest BCUT2D eigenvalue weighted by molar-refractivity contribution is 7.38. The lowest BCUT2D eigenvalue weighted by Crippen LogP contribution is -2.33. The van der Waals surface area contributed by atoms with E-state index in [1.165, 1.54) is 6.42 Å². The fraction of sp³-hybridized carbons (Fsp3) is 0.632. The summed E-state index contributed by atoms with van der Waals surface area (Å²) in [5, 5.41) is 22.4. The maximum atomic E-state index is 11.7. The zero-order valence-electron chi connectivity index (χ0n) is 14.8.